The first-order chi connectivity index (χ1) is 14.6. The average molecular weight is 428 g/mol. The largest absolute Gasteiger partial charge is 0.496 e. The number of anilines is 1. The Hall–Kier alpha value is -2.54. The summed E-state index contributed by atoms with van der Waals surface area (Å²) in [6, 6.07) is 6.02. The molecular weight excluding hydrogens is 394 g/mol. The van der Waals surface area contributed by atoms with Gasteiger partial charge in [0, 0.05) is 25.6 Å². The lowest BCUT2D eigenvalue weighted by atomic mass is 9.65. The molecule has 31 heavy (non-hydrogen) atoms. The fraction of sp³-hybridized carbons (Fsp3) is 0.583. The number of methoxy groups -OCH3 is 2. The SMILES string of the molecule is COC(=O)c1[nH]c2cccc(OC)c2c1NC(=O)CCN1C[C@]2(C)C[C@@H]1CC(C)(C)C2. The fourth-order valence-electron chi connectivity index (χ4n) is 6.05. The van der Waals surface area contributed by atoms with Gasteiger partial charge >= 0.3 is 5.97 Å². The van der Waals surface area contributed by atoms with Crippen LogP contribution in [0.1, 0.15) is 56.9 Å². The number of carbonyl (C=O) groups is 2. The normalized spacial score (nSPS) is 24.9. The van der Waals surface area contributed by atoms with Gasteiger partial charge in [0.2, 0.25) is 5.91 Å². The second kappa shape index (κ2) is 7.86. The van der Waals surface area contributed by atoms with Crippen molar-refractivity contribution in [3.05, 3.63) is 23.9 Å². The molecule has 1 amide bonds. The molecule has 0 radical (unpaired) electrons. The van der Waals surface area contributed by atoms with E-state index in [1.165, 1.54) is 26.4 Å². The van der Waals surface area contributed by atoms with Crippen molar-refractivity contribution >= 4 is 28.5 Å². The van der Waals surface area contributed by atoms with Crippen LogP contribution in [-0.2, 0) is 9.53 Å². The molecule has 1 saturated heterocycles. The monoisotopic (exact) mass is 427 g/mol. The van der Waals surface area contributed by atoms with Crippen LogP contribution in [0, 0.1) is 10.8 Å². The van der Waals surface area contributed by atoms with Crippen molar-refractivity contribution in [3.63, 3.8) is 0 Å². The zero-order chi connectivity index (χ0) is 22.4. The van der Waals surface area contributed by atoms with Crippen LogP contribution in [0.15, 0.2) is 18.2 Å². The van der Waals surface area contributed by atoms with Gasteiger partial charge in [0.15, 0.2) is 0 Å². The molecule has 7 heteroatoms. The van der Waals surface area contributed by atoms with Gasteiger partial charge in [-0.25, -0.2) is 4.79 Å². The van der Waals surface area contributed by atoms with Gasteiger partial charge in [-0.2, -0.15) is 0 Å². The number of nitrogens with one attached hydrogen (secondary N) is 2. The zero-order valence-electron chi connectivity index (χ0n) is 19.1. The third-order valence-electron chi connectivity index (χ3n) is 6.81. The highest BCUT2D eigenvalue weighted by molar-refractivity contribution is 6.12. The first kappa shape index (κ1) is 21.7. The third-order valence-corrected chi connectivity index (χ3v) is 6.81. The number of carbonyl (C=O) groups excluding carboxylic acids is 2. The average Bonchev–Trinajstić information content (AvgIpc) is 3.18. The van der Waals surface area contributed by atoms with E-state index in [9.17, 15) is 9.59 Å². The van der Waals surface area contributed by atoms with E-state index in [1.807, 2.05) is 12.1 Å². The molecule has 2 atom stereocenters. The molecule has 2 N–H and O–H groups in total. The number of likely N-dealkylation sites (tertiary alicyclic amines) is 1. The molecule has 2 fully saturated rings. The quantitative estimate of drug-likeness (QED) is 0.676. The Bertz CT molecular complexity index is 1010. The second-order valence-electron chi connectivity index (χ2n) is 10.2. The molecule has 1 aromatic carbocycles. The summed E-state index contributed by atoms with van der Waals surface area (Å²) in [4.78, 5) is 30.8. The predicted molar refractivity (Wildman–Crippen MR) is 121 cm³/mol. The van der Waals surface area contributed by atoms with Gasteiger partial charge in [-0.05, 0) is 42.2 Å². The summed E-state index contributed by atoms with van der Waals surface area (Å²) in [7, 11) is 2.89. The molecule has 2 aliphatic rings. The van der Waals surface area contributed by atoms with E-state index in [4.69, 9.17) is 9.47 Å². The standard InChI is InChI=1S/C24H33N3O4/c1-23(2)11-15-12-24(3,13-23)14-27(15)10-9-18(28)26-20-19-16(7-6-8-17(19)30-4)25-21(20)22(29)31-5/h6-8,15,25H,9-14H2,1-5H3,(H,26,28)/t15-,24+/m0/s1. The Kier molecular flexibility index (Phi) is 5.50. The summed E-state index contributed by atoms with van der Waals surface area (Å²) in [5.41, 5.74) is 2.04. The van der Waals surface area contributed by atoms with E-state index < -0.39 is 5.97 Å². The molecule has 1 aliphatic heterocycles. The minimum atomic E-state index is -0.531. The molecule has 0 unspecified atom stereocenters. The minimum Gasteiger partial charge on any atom is -0.496 e. The highest BCUT2D eigenvalue weighted by atomic mass is 16.5. The van der Waals surface area contributed by atoms with Crippen LogP contribution >= 0.6 is 0 Å². The summed E-state index contributed by atoms with van der Waals surface area (Å²) < 4.78 is 10.4. The topological polar surface area (TPSA) is 83.7 Å². The Labute approximate surface area is 183 Å². The maximum atomic E-state index is 12.9. The van der Waals surface area contributed by atoms with E-state index in [0.717, 1.165) is 13.1 Å². The highest BCUT2D eigenvalue weighted by Gasteiger charge is 2.49. The number of aromatic nitrogens is 1. The number of fused-ring (bicyclic) bond motifs is 3. The van der Waals surface area contributed by atoms with E-state index in [1.54, 1.807) is 13.2 Å². The van der Waals surface area contributed by atoms with Gasteiger partial charge in [-0.1, -0.05) is 26.8 Å². The lowest BCUT2D eigenvalue weighted by Crippen LogP contribution is -2.35. The number of ether oxygens (including phenoxy) is 2. The van der Waals surface area contributed by atoms with Gasteiger partial charge in [-0.3, -0.25) is 9.69 Å². The summed E-state index contributed by atoms with van der Waals surface area (Å²) >= 11 is 0. The number of benzene rings is 1. The van der Waals surface area contributed by atoms with Crippen molar-refractivity contribution < 1.29 is 19.1 Å². The van der Waals surface area contributed by atoms with Crippen molar-refractivity contribution in [1.82, 2.24) is 9.88 Å². The number of aromatic amines is 1. The first-order valence-electron chi connectivity index (χ1n) is 11.0. The van der Waals surface area contributed by atoms with Crippen molar-refractivity contribution in [2.45, 2.75) is 52.5 Å². The number of esters is 1. The van der Waals surface area contributed by atoms with Crippen LogP contribution in [0.3, 0.4) is 0 Å². The van der Waals surface area contributed by atoms with Gasteiger partial charge < -0.3 is 19.8 Å². The van der Waals surface area contributed by atoms with E-state index in [-0.39, 0.29) is 11.6 Å². The smallest absolute Gasteiger partial charge is 0.356 e. The summed E-state index contributed by atoms with van der Waals surface area (Å²) in [5.74, 6) is -0.0671. The molecule has 2 bridgehead atoms. The Balaban J connectivity index is 1.51. The number of hydrogen-bond acceptors (Lipinski definition) is 5. The maximum absolute atomic E-state index is 12.9. The van der Waals surface area contributed by atoms with Crippen molar-refractivity contribution in [2.24, 2.45) is 10.8 Å². The van der Waals surface area contributed by atoms with Crippen molar-refractivity contribution in [2.75, 3.05) is 32.6 Å². The number of H-pyrrole nitrogens is 1. The van der Waals surface area contributed by atoms with Gasteiger partial charge in [0.05, 0.1) is 30.8 Å². The van der Waals surface area contributed by atoms with Crippen molar-refractivity contribution in [1.29, 1.82) is 0 Å². The Morgan fingerprint density at radius 1 is 1.23 bits per heavy atom. The van der Waals surface area contributed by atoms with Crippen LogP contribution < -0.4 is 10.1 Å². The van der Waals surface area contributed by atoms with Crippen LogP contribution in [-0.4, -0.2) is 55.1 Å². The summed E-state index contributed by atoms with van der Waals surface area (Å²) in [6.45, 7) is 8.85. The second-order valence-corrected chi connectivity index (χ2v) is 10.2. The van der Waals surface area contributed by atoms with Gasteiger partial charge in [0.1, 0.15) is 11.4 Å². The van der Waals surface area contributed by atoms with Gasteiger partial charge in [-0.15, -0.1) is 0 Å². The molecule has 1 saturated carbocycles. The summed E-state index contributed by atoms with van der Waals surface area (Å²) in [5, 5.41) is 3.63. The molecule has 4 rings (SSSR count). The molecule has 7 nitrogen and oxygen atoms in total. The Morgan fingerprint density at radius 3 is 2.71 bits per heavy atom. The van der Waals surface area contributed by atoms with Crippen LogP contribution in [0.5, 0.6) is 5.75 Å². The maximum Gasteiger partial charge on any atom is 0.356 e. The molecule has 1 aliphatic carbocycles. The number of amides is 1. The predicted octanol–water partition coefficient (Wildman–Crippen LogP) is 4.19. The number of nitrogens with zero attached hydrogens (tertiary/aromatic N) is 1. The molecule has 2 heterocycles. The van der Waals surface area contributed by atoms with Gasteiger partial charge in [0.25, 0.3) is 0 Å². The summed E-state index contributed by atoms with van der Waals surface area (Å²) in [6.07, 6.45) is 3.99. The molecule has 2 aromatic rings. The minimum absolute atomic E-state index is 0.122. The highest BCUT2D eigenvalue weighted by Crippen LogP contribution is 2.52. The van der Waals surface area contributed by atoms with Crippen molar-refractivity contribution in [3.8, 4) is 5.75 Å². The lowest BCUT2D eigenvalue weighted by molar-refractivity contribution is -0.116. The molecule has 0 spiro atoms. The van der Waals surface area contributed by atoms with E-state index >= 15 is 0 Å². The van der Waals surface area contributed by atoms with E-state index in [0.29, 0.717) is 45.6 Å². The first-order valence-corrected chi connectivity index (χ1v) is 11.0. The number of rotatable bonds is 6. The zero-order valence-corrected chi connectivity index (χ0v) is 19.1. The lowest BCUT2D eigenvalue weighted by Gasteiger charge is -2.39. The molecular formula is C24H33N3O4. The third kappa shape index (κ3) is 4.15. The molecule has 168 valence electrons. The molecule has 1 aromatic heterocycles. The fourth-order valence-corrected chi connectivity index (χ4v) is 6.05. The van der Waals surface area contributed by atoms with Crippen LogP contribution in [0.2, 0.25) is 0 Å². The Morgan fingerprint density at radius 2 is 2.00 bits per heavy atom. The number of hydrogen-bond donors (Lipinski definition) is 2. The van der Waals surface area contributed by atoms with Crippen LogP contribution in [0.4, 0.5) is 5.69 Å². The van der Waals surface area contributed by atoms with Crippen LogP contribution in [0.25, 0.3) is 10.9 Å². The van der Waals surface area contributed by atoms with E-state index in [2.05, 4.69) is 36.0 Å².